The third-order valence-electron chi connectivity index (χ3n) is 1.69. The largest absolute Gasteiger partial charge is 0.396 e. The Morgan fingerprint density at radius 2 is 2.36 bits per heavy atom. The van der Waals surface area contributed by atoms with E-state index in [1.807, 2.05) is 0 Å². The van der Waals surface area contributed by atoms with Crippen molar-refractivity contribution in [2.75, 3.05) is 6.61 Å². The van der Waals surface area contributed by atoms with Crippen molar-refractivity contribution >= 4 is 12.4 Å². The molecule has 0 saturated carbocycles. The van der Waals surface area contributed by atoms with Gasteiger partial charge in [-0.25, -0.2) is 4.98 Å². The standard InChI is InChI=1S/C10H10FNO2/c11-10-9(7-14)8(4-5-12-10)3-1-2-6-13/h1,3-5,7,13H,2,6H2. The lowest BCUT2D eigenvalue weighted by Crippen LogP contribution is -1.94. The molecular formula is C10H10FNO2. The first-order valence-corrected chi connectivity index (χ1v) is 4.16. The Labute approximate surface area is 80.9 Å². The molecule has 4 heteroatoms. The van der Waals surface area contributed by atoms with E-state index >= 15 is 0 Å². The molecule has 1 rings (SSSR count). The van der Waals surface area contributed by atoms with Gasteiger partial charge >= 0.3 is 0 Å². The van der Waals surface area contributed by atoms with Crippen LogP contribution < -0.4 is 0 Å². The molecule has 0 radical (unpaired) electrons. The summed E-state index contributed by atoms with van der Waals surface area (Å²) in [7, 11) is 0. The molecule has 3 nitrogen and oxygen atoms in total. The molecule has 0 spiro atoms. The zero-order valence-corrected chi connectivity index (χ0v) is 7.48. The molecule has 1 heterocycles. The van der Waals surface area contributed by atoms with Gasteiger partial charge in [-0.05, 0) is 18.1 Å². The molecule has 0 amide bonds. The number of carbonyl (C=O) groups excluding carboxylic acids is 1. The summed E-state index contributed by atoms with van der Waals surface area (Å²) in [6.07, 6.45) is 5.45. The molecule has 0 unspecified atom stereocenters. The number of aldehydes is 1. The van der Waals surface area contributed by atoms with Gasteiger partial charge in [0.1, 0.15) is 0 Å². The minimum absolute atomic E-state index is 0.0283. The number of pyridine rings is 1. The van der Waals surface area contributed by atoms with Crippen molar-refractivity contribution in [1.29, 1.82) is 0 Å². The first-order chi connectivity index (χ1) is 6.79. The summed E-state index contributed by atoms with van der Waals surface area (Å²) in [6.45, 7) is 0.0283. The molecule has 0 atom stereocenters. The molecule has 74 valence electrons. The molecule has 14 heavy (non-hydrogen) atoms. The van der Waals surface area contributed by atoms with E-state index in [9.17, 15) is 9.18 Å². The predicted molar refractivity (Wildman–Crippen MR) is 50.3 cm³/mol. The van der Waals surface area contributed by atoms with E-state index in [-0.39, 0.29) is 12.2 Å². The zero-order valence-electron chi connectivity index (χ0n) is 7.48. The Balaban J connectivity index is 2.96. The van der Waals surface area contributed by atoms with E-state index in [1.54, 1.807) is 18.2 Å². The van der Waals surface area contributed by atoms with E-state index in [0.29, 0.717) is 18.3 Å². The van der Waals surface area contributed by atoms with E-state index in [4.69, 9.17) is 5.11 Å². The molecule has 0 aliphatic rings. The van der Waals surface area contributed by atoms with Gasteiger partial charge in [0.05, 0.1) is 5.56 Å². The fourth-order valence-electron chi connectivity index (χ4n) is 1.01. The lowest BCUT2D eigenvalue weighted by atomic mass is 10.1. The van der Waals surface area contributed by atoms with Crippen LogP contribution in [0.1, 0.15) is 22.3 Å². The number of aromatic nitrogens is 1. The van der Waals surface area contributed by atoms with Crippen molar-refractivity contribution < 1.29 is 14.3 Å². The monoisotopic (exact) mass is 195 g/mol. The van der Waals surface area contributed by atoms with Crippen molar-refractivity contribution in [3.05, 3.63) is 35.4 Å². The second-order valence-electron chi connectivity index (χ2n) is 2.64. The molecule has 0 fully saturated rings. The van der Waals surface area contributed by atoms with Crippen LogP contribution in [0, 0.1) is 5.95 Å². The topological polar surface area (TPSA) is 50.2 Å². The summed E-state index contributed by atoms with van der Waals surface area (Å²) < 4.78 is 12.9. The predicted octanol–water partition coefficient (Wildman–Crippen LogP) is 1.43. The van der Waals surface area contributed by atoms with Crippen LogP contribution in [0.2, 0.25) is 0 Å². The number of hydrogen-bond donors (Lipinski definition) is 1. The first kappa shape index (κ1) is 10.5. The highest BCUT2D eigenvalue weighted by atomic mass is 19.1. The number of halogens is 1. The van der Waals surface area contributed by atoms with Gasteiger partial charge < -0.3 is 5.11 Å². The maximum atomic E-state index is 12.9. The van der Waals surface area contributed by atoms with Crippen molar-refractivity contribution in [2.45, 2.75) is 6.42 Å². The molecule has 0 aliphatic heterocycles. The second-order valence-corrected chi connectivity index (χ2v) is 2.64. The smallest absolute Gasteiger partial charge is 0.224 e. The van der Waals surface area contributed by atoms with E-state index < -0.39 is 5.95 Å². The van der Waals surface area contributed by atoms with Crippen molar-refractivity contribution in [3.63, 3.8) is 0 Å². The lowest BCUT2D eigenvalue weighted by Gasteiger charge is -1.98. The van der Waals surface area contributed by atoms with Gasteiger partial charge in [0, 0.05) is 12.8 Å². The number of nitrogens with zero attached hydrogens (tertiary/aromatic N) is 1. The van der Waals surface area contributed by atoms with Gasteiger partial charge in [0.2, 0.25) is 5.95 Å². The van der Waals surface area contributed by atoms with Gasteiger partial charge in [-0.15, -0.1) is 0 Å². The quantitative estimate of drug-likeness (QED) is 0.584. The summed E-state index contributed by atoms with van der Waals surface area (Å²) >= 11 is 0. The first-order valence-electron chi connectivity index (χ1n) is 4.16. The molecule has 1 N–H and O–H groups in total. The number of hydrogen-bond acceptors (Lipinski definition) is 3. The molecule has 0 bridgehead atoms. The third-order valence-corrected chi connectivity index (χ3v) is 1.69. The van der Waals surface area contributed by atoms with Crippen LogP contribution in [0.4, 0.5) is 4.39 Å². The Morgan fingerprint density at radius 1 is 1.57 bits per heavy atom. The van der Waals surface area contributed by atoms with Crippen molar-refractivity contribution in [1.82, 2.24) is 4.98 Å². The highest BCUT2D eigenvalue weighted by Gasteiger charge is 2.05. The third kappa shape index (κ3) is 2.47. The van der Waals surface area contributed by atoms with Crippen LogP contribution in [-0.4, -0.2) is 23.0 Å². The minimum atomic E-state index is -0.772. The normalized spacial score (nSPS) is 10.7. The van der Waals surface area contributed by atoms with Crippen LogP contribution in [0.15, 0.2) is 18.3 Å². The molecule has 1 aromatic rings. The number of aliphatic hydroxyl groups excluding tert-OH is 1. The van der Waals surface area contributed by atoms with Gasteiger partial charge in [-0.1, -0.05) is 12.2 Å². The fourth-order valence-corrected chi connectivity index (χ4v) is 1.01. The summed E-state index contributed by atoms with van der Waals surface area (Å²) in [6, 6.07) is 1.54. The van der Waals surface area contributed by atoms with Crippen LogP contribution >= 0.6 is 0 Å². The van der Waals surface area contributed by atoms with Crippen molar-refractivity contribution in [3.8, 4) is 0 Å². The average molecular weight is 195 g/mol. The molecular weight excluding hydrogens is 185 g/mol. The van der Waals surface area contributed by atoms with Crippen LogP contribution in [0.5, 0.6) is 0 Å². The Bertz CT molecular complexity index is 350. The molecule has 0 aromatic carbocycles. The molecule has 0 saturated heterocycles. The van der Waals surface area contributed by atoms with E-state index in [1.165, 1.54) is 6.20 Å². The van der Waals surface area contributed by atoms with E-state index in [2.05, 4.69) is 4.98 Å². The average Bonchev–Trinajstić information content (AvgIpc) is 2.18. The number of aliphatic hydroxyl groups is 1. The number of rotatable bonds is 4. The van der Waals surface area contributed by atoms with Gasteiger partial charge in [-0.3, -0.25) is 4.79 Å². The lowest BCUT2D eigenvalue weighted by molar-refractivity contribution is 0.111. The molecule has 0 aliphatic carbocycles. The summed E-state index contributed by atoms with van der Waals surface area (Å²) in [5, 5.41) is 8.52. The van der Waals surface area contributed by atoms with Gasteiger partial charge in [-0.2, -0.15) is 4.39 Å². The second kappa shape index (κ2) is 5.24. The number of carbonyl (C=O) groups is 1. The van der Waals surface area contributed by atoms with Gasteiger partial charge in [0.25, 0.3) is 0 Å². The van der Waals surface area contributed by atoms with E-state index in [0.717, 1.165) is 0 Å². The maximum absolute atomic E-state index is 12.9. The maximum Gasteiger partial charge on any atom is 0.224 e. The highest BCUT2D eigenvalue weighted by Crippen LogP contribution is 2.10. The highest BCUT2D eigenvalue weighted by molar-refractivity contribution is 5.81. The van der Waals surface area contributed by atoms with Crippen molar-refractivity contribution in [2.24, 2.45) is 0 Å². The Hall–Kier alpha value is -1.55. The van der Waals surface area contributed by atoms with Crippen LogP contribution in [0.25, 0.3) is 6.08 Å². The van der Waals surface area contributed by atoms with Crippen LogP contribution in [0.3, 0.4) is 0 Å². The Morgan fingerprint density at radius 3 is 3.00 bits per heavy atom. The summed E-state index contributed by atoms with van der Waals surface area (Å²) in [4.78, 5) is 13.9. The zero-order chi connectivity index (χ0) is 10.4. The van der Waals surface area contributed by atoms with Gasteiger partial charge in [0.15, 0.2) is 6.29 Å². The van der Waals surface area contributed by atoms with Crippen LogP contribution in [-0.2, 0) is 0 Å². The molecule has 1 aromatic heterocycles. The summed E-state index contributed by atoms with van der Waals surface area (Å²) in [5.41, 5.74) is 0.419. The Kier molecular flexibility index (Phi) is 3.94. The fraction of sp³-hybridized carbons (Fsp3) is 0.200. The SMILES string of the molecule is O=Cc1c(C=CCCO)ccnc1F. The summed E-state index contributed by atoms with van der Waals surface area (Å²) in [5.74, 6) is -0.772. The minimum Gasteiger partial charge on any atom is -0.396 e.